The zero-order valence-electron chi connectivity index (χ0n) is 13.4. The molecule has 1 unspecified atom stereocenters. The van der Waals surface area contributed by atoms with E-state index in [1.807, 2.05) is 11.3 Å². The van der Waals surface area contributed by atoms with Gasteiger partial charge in [0.15, 0.2) is 0 Å². The number of ether oxygens (including phenoxy) is 1. The maximum atomic E-state index is 8.92. The topological polar surface area (TPSA) is 57.4 Å². The van der Waals surface area contributed by atoms with E-state index in [0.717, 1.165) is 31.6 Å². The summed E-state index contributed by atoms with van der Waals surface area (Å²) in [4.78, 5) is 6.13. The van der Waals surface area contributed by atoms with Gasteiger partial charge in [0.25, 0.3) is 0 Å². The second-order valence-corrected chi connectivity index (χ2v) is 7.86. The molecule has 5 heteroatoms. The van der Waals surface area contributed by atoms with Gasteiger partial charge in [-0.25, -0.2) is 4.99 Å². The van der Waals surface area contributed by atoms with Gasteiger partial charge in [0.1, 0.15) is 17.8 Å². The van der Waals surface area contributed by atoms with E-state index in [4.69, 9.17) is 10.00 Å². The molecule has 0 spiro atoms. The minimum Gasteiger partial charge on any atom is -0.474 e. The molecule has 2 heterocycles. The van der Waals surface area contributed by atoms with Gasteiger partial charge in [-0.2, -0.15) is 5.26 Å². The fourth-order valence-electron chi connectivity index (χ4n) is 4.12. The highest BCUT2D eigenvalue weighted by Gasteiger charge is 2.34. The average molecular weight is 329 g/mol. The number of fused-ring (bicyclic) bond motifs is 3. The fraction of sp³-hybridized carbons (Fsp3) is 0.667. The van der Waals surface area contributed by atoms with Crippen molar-refractivity contribution in [2.45, 2.75) is 69.8 Å². The van der Waals surface area contributed by atoms with Crippen molar-refractivity contribution >= 4 is 22.2 Å². The summed E-state index contributed by atoms with van der Waals surface area (Å²) < 4.78 is 6.35. The summed E-state index contributed by atoms with van der Waals surface area (Å²) in [5, 5.41) is 13.6. The lowest BCUT2D eigenvalue weighted by Gasteiger charge is -2.26. The lowest BCUT2D eigenvalue weighted by Crippen LogP contribution is -2.25. The molecule has 0 saturated heterocycles. The number of aryl methyl sites for hydroxylation is 1. The molecule has 23 heavy (non-hydrogen) atoms. The van der Waals surface area contributed by atoms with Gasteiger partial charge >= 0.3 is 0 Å². The Morgan fingerprint density at radius 1 is 1.26 bits per heavy atom. The van der Waals surface area contributed by atoms with Crippen LogP contribution in [0.4, 0.5) is 5.00 Å². The average Bonchev–Trinajstić information content (AvgIpc) is 3.13. The summed E-state index contributed by atoms with van der Waals surface area (Å²) in [6.45, 7) is 0.622. The molecule has 1 aliphatic heterocycles. The highest BCUT2D eigenvalue weighted by atomic mass is 32.1. The van der Waals surface area contributed by atoms with Crippen LogP contribution in [-0.2, 0) is 11.2 Å². The molecule has 1 N–H and O–H groups in total. The Morgan fingerprint density at radius 3 is 2.96 bits per heavy atom. The Hall–Kier alpha value is -1.54. The molecule has 1 atom stereocenters. The Balaban J connectivity index is 1.60. The number of anilines is 1. The number of hydrogen-bond donors (Lipinski definition) is 1. The van der Waals surface area contributed by atoms with E-state index in [0.29, 0.717) is 25.1 Å². The molecule has 4 rings (SSSR count). The van der Waals surface area contributed by atoms with Crippen LogP contribution < -0.4 is 5.32 Å². The molecule has 2 aliphatic carbocycles. The maximum Gasteiger partial charge on any atom is 0.221 e. The van der Waals surface area contributed by atoms with E-state index in [1.54, 1.807) is 0 Å². The third-order valence-electron chi connectivity index (χ3n) is 5.26. The molecule has 1 saturated carbocycles. The molecule has 4 nitrogen and oxygen atoms in total. The third kappa shape index (κ3) is 2.85. The Morgan fingerprint density at radius 2 is 2.13 bits per heavy atom. The van der Waals surface area contributed by atoms with Crippen molar-refractivity contribution in [1.82, 2.24) is 0 Å². The van der Waals surface area contributed by atoms with Crippen LogP contribution in [0.1, 0.15) is 73.3 Å². The highest BCUT2D eigenvalue weighted by molar-refractivity contribution is 7.16. The van der Waals surface area contributed by atoms with Gasteiger partial charge in [-0.3, -0.25) is 0 Å². The molecule has 3 aliphatic rings. The highest BCUT2D eigenvalue weighted by Crippen LogP contribution is 2.48. The first-order chi connectivity index (χ1) is 11.4. The smallest absolute Gasteiger partial charge is 0.221 e. The van der Waals surface area contributed by atoms with Crippen LogP contribution in [0.25, 0.3) is 0 Å². The van der Waals surface area contributed by atoms with Gasteiger partial charge in [0.05, 0.1) is 11.6 Å². The Labute approximate surface area is 141 Å². The first kappa shape index (κ1) is 15.0. The summed E-state index contributed by atoms with van der Waals surface area (Å²) >= 11 is 1.87. The lowest BCUT2D eigenvalue weighted by molar-refractivity contribution is 0.143. The molecule has 1 aromatic heterocycles. The van der Waals surface area contributed by atoms with Crippen molar-refractivity contribution in [3.8, 4) is 6.07 Å². The van der Waals surface area contributed by atoms with Gasteiger partial charge in [0.2, 0.25) is 5.90 Å². The predicted molar refractivity (Wildman–Crippen MR) is 93.2 cm³/mol. The summed E-state index contributed by atoms with van der Waals surface area (Å²) in [6.07, 6.45) is 10.4. The van der Waals surface area contributed by atoms with E-state index in [9.17, 15) is 0 Å². The van der Waals surface area contributed by atoms with Crippen LogP contribution >= 0.6 is 11.3 Å². The molecular formula is C18H23N3OS. The van der Waals surface area contributed by atoms with Gasteiger partial charge < -0.3 is 10.1 Å². The molecule has 0 radical (unpaired) electrons. The monoisotopic (exact) mass is 329 g/mol. The summed E-state index contributed by atoms with van der Waals surface area (Å²) in [5.41, 5.74) is 2.66. The van der Waals surface area contributed by atoms with Crippen molar-refractivity contribution in [1.29, 1.82) is 5.26 Å². The van der Waals surface area contributed by atoms with Crippen LogP contribution in [0, 0.1) is 11.3 Å². The number of nitrogens with one attached hydrogen (secondary N) is 1. The third-order valence-corrected chi connectivity index (χ3v) is 6.48. The minimum absolute atomic E-state index is 0.336. The summed E-state index contributed by atoms with van der Waals surface area (Å²) in [6, 6.07) is 2.30. The Bertz CT molecular complexity index is 652. The van der Waals surface area contributed by atoms with E-state index < -0.39 is 0 Å². The van der Waals surface area contributed by atoms with Crippen molar-refractivity contribution in [2.24, 2.45) is 4.99 Å². The fourth-order valence-corrected chi connectivity index (χ4v) is 5.40. The SMILES string of the molecule is N#CCCC1CCc2sc3c(c21)C(OC1CCCCC1)=NCN3. The molecular weight excluding hydrogens is 306 g/mol. The zero-order chi connectivity index (χ0) is 15.6. The van der Waals surface area contributed by atoms with E-state index in [-0.39, 0.29) is 0 Å². The molecule has 0 aromatic carbocycles. The van der Waals surface area contributed by atoms with Gasteiger partial charge in [0, 0.05) is 11.3 Å². The van der Waals surface area contributed by atoms with Crippen LogP contribution in [0.2, 0.25) is 0 Å². The molecule has 1 aromatic rings. The number of rotatable bonds is 3. The van der Waals surface area contributed by atoms with Crippen LogP contribution in [0.15, 0.2) is 4.99 Å². The number of aliphatic imine (C=N–C) groups is 1. The largest absolute Gasteiger partial charge is 0.474 e. The van der Waals surface area contributed by atoms with Gasteiger partial charge in [-0.15, -0.1) is 11.3 Å². The quantitative estimate of drug-likeness (QED) is 0.884. The lowest BCUT2D eigenvalue weighted by atomic mass is 9.94. The van der Waals surface area contributed by atoms with Crippen molar-refractivity contribution < 1.29 is 4.74 Å². The number of thiophene rings is 1. The van der Waals surface area contributed by atoms with Crippen molar-refractivity contribution in [2.75, 3.05) is 12.0 Å². The normalized spacial score (nSPS) is 23.4. The summed E-state index contributed by atoms with van der Waals surface area (Å²) in [5.74, 6) is 1.37. The minimum atomic E-state index is 0.336. The first-order valence-electron chi connectivity index (χ1n) is 8.84. The molecule has 0 bridgehead atoms. The molecule has 0 amide bonds. The second-order valence-electron chi connectivity index (χ2n) is 6.75. The van der Waals surface area contributed by atoms with Crippen molar-refractivity contribution in [3.05, 3.63) is 16.0 Å². The number of hydrogen-bond acceptors (Lipinski definition) is 5. The number of nitrogens with zero attached hydrogens (tertiary/aromatic N) is 2. The van der Waals surface area contributed by atoms with E-state index >= 15 is 0 Å². The van der Waals surface area contributed by atoms with E-state index in [1.165, 1.54) is 46.7 Å². The molecule has 1 fully saturated rings. The standard InChI is InChI=1S/C18H23N3OS/c19-10-4-5-12-8-9-14-15(12)16-17(20-11-21-18(16)23-14)22-13-6-2-1-3-7-13/h12-13,21H,1-9,11H2. The maximum absolute atomic E-state index is 8.92. The zero-order valence-corrected chi connectivity index (χ0v) is 14.3. The van der Waals surface area contributed by atoms with Crippen molar-refractivity contribution in [3.63, 3.8) is 0 Å². The predicted octanol–water partition coefficient (Wildman–Crippen LogP) is 4.56. The first-order valence-corrected chi connectivity index (χ1v) is 9.66. The van der Waals surface area contributed by atoms with Gasteiger partial charge in [-0.1, -0.05) is 6.42 Å². The number of nitriles is 1. The van der Waals surface area contributed by atoms with Crippen LogP contribution in [0.5, 0.6) is 0 Å². The molecule has 122 valence electrons. The van der Waals surface area contributed by atoms with Crippen LogP contribution in [-0.4, -0.2) is 18.7 Å². The van der Waals surface area contributed by atoms with E-state index in [2.05, 4.69) is 16.4 Å². The second kappa shape index (κ2) is 6.52. The summed E-state index contributed by atoms with van der Waals surface area (Å²) in [7, 11) is 0. The van der Waals surface area contributed by atoms with Crippen LogP contribution in [0.3, 0.4) is 0 Å². The Kier molecular flexibility index (Phi) is 4.26. The van der Waals surface area contributed by atoms with Gasteiger partial charge in [-0.05, 0) is 56.4 Å².